The Kier molecular flexibility index (Phi) is 6.55. The first-order chi connectivity index (χ1) is 14.6. The van der Waals surface area contributed by atoms with E-state index in [9.17, 15) is 4.79 Å². The third-order valence-electron chi connectivity index (χ3n) is 5.03. The van der Waals surface area contributed by atoms with Crippen LogP contribution >= 0.6 is 23.4 Å². The van der Waals surface area contributed by atoms with Crippen molar-refractivity contribution in [3.63, 3.8) is 0 Å². The molecule has 2 heterocycles. The van der Waals surface area contributed by atoms with Crippen LogP contribution in [0.3, 0.4) is 0 Å². The van der Waals surface area contributed by atoms with Crippen LogP contribution < -0.4 is 10.2 Å². The van der Waals surface area contributed by atoms with Crippen LogP contribution in [0, 0.1) is 12.8 Å². The van der Waals surface area contributed by atoms with E-state index in [1.165, 1.54) is 5.56 Å². The summed E-state index contributed by atoms with van der Waals surface area (Å²) < 4.78 is 0. The number of aryl methyl sites for hydroxylation is 1. The van der Waals surface area contributed by atoms with E-state index in [1.807, 2.05) is 18.2 Å². The second-order valence-corrected chi connectivity index (χ2v) is 8.89. The maximum absolute atomic E-state index is 12.8. The molecule has 1 aromatic heterocycles. The maximum atomic E-state index is 12.8. The highest BCUT2D eigenvalue weighted by Gasteiger charge is 2.28. The molecule has 30 heavy (non-hydrogen) atoms. The molecule has 7 heteroatoms. The van der Waals surface area contributed by atoms with Crippen molar-refractivity contribution < 1.29 is 4.79 Å². The minimum atomic E-state index is -0.114. The zero-order chi connectivity index (χ0) is 20.9. The van der Waals surface area contributed by atoms with Crippen LogP contribution in [0.5, 0.6) is 0 Å². The number of amides is 1. The first-order valence-electron chi connectivity index (χ1n) is 9.95. The fraction of sp³-hybridized carbons (Fsp3) is 0.261. The number of anilines is 2. The van der Waals surface area contributed by atoms with E-state index in [2.05, 4.69) is 45.3 Å². The largest absolute Gasteiger partial charge is 0.354 e. The molecular formula is C23H23ClN4OS. The molecule has 1 N–H and O–H groups in total. The first-order valence-corrected chi connectivity index (χ1v) is 11.1. The number of nitrogens with zero attached hydrogens (tertiary/aromatic N) is 3. The molecule has 1 fully saturated rings. The summed E-state index contributed by atoms with van der Waals surface area (Å²) in [6.07, 6.45) is 5.21. The Morgan fingerprint density at radius 1 is 1.17 bits per heavy atom. The average molecular weight is 439 g/mol. The third-order valence-corrected chi connectivity index (χ3v) is 6.24. The van der Waals surface area contributed by atoms with E-state index in [4.69, 9.17) is 11.6 Å². The fourth-order valence-corrected chi connectivity index (χ4v) is 4.78. The molecule has 1 atom stereocenters. The summed E-state index contributed by atoms with van der Waals surface area (Å²) in [5.74, 6) is 0.736. The predicted octanol–water partition coefficient (Wildman–Crippen LogP) is 5.44. The van der Waals surface area contributed by atoms with E-state index < -0.39 is 0 Å². The van der Waals surface area contributed by atoms with Crippen molar-refractivity contribution >= 4 is 40.8 Å². The first kappa shape index (κ1) is 20.7. The zero-order valence-electron chi connectivity index (χ0n) is 16.7. The lowest BCUT2D eigenvalue weighted by Crippen LogP contribution is -2.41. The number of rotatable bonds is 5. The number of hydrogen-bond donors (Lipinski definition) is 1. The Hall–Kier alpha value is -2.57. The molecule has 0 bridgehead atoms. The van der Waals surface area contributed by atoms with Crippen LogP contribution in [0.15, 0.2) is 70.8 Å². The van der Waals surface area contributed by atoms with Gasteiger partial charge in [-0.25, -0.2) is 9.97 Å². The van der Waals surface area contributed by atoms with E-state index in [0.29, 0.717) is 11.6 Å². The van der Waals surface area contributed by atoms with Crippen LogP contribution in [0.4, 0.5) is 11.5 Å². The van der Waals surface area contributed by atoms with Gasteiger partial charge in [-0.15, -0.1) is 0 Å². The van der Waals surface area contributed by atoms with Crippen molar-refractivity contribution in [2.45, 2.75) is 29.7 Å². The van der Waals surface area contributed by atoms with Gasteiger partial charge < -0.3 is 10.2 Å². The molecule has 1 amide bonds. The Morgan fingerprint density at radius 2 is 2.00 bits per heavy atom. The quantitative estimate of drug-likeness (QED) is 0.574. The molecule has 1 unspecified atom stereocenters. The van der Waals surface area contributed by atoms with Crippen LogP contribution in [-0.4, -0.2) is 29.0 Å². The van der Waals surface area contributed by atoms with Gasteiger partial charge in [-0.3, -0.25) is 4.79 Å². The lowest BCUT2D eigenvalue weighted by Gasteiger charge is -2.33. The summed E-state index contributed by atoms with van der Waals surface area (Å²) >= 11 is 7.64. The molecule has 0 radical (unpaired) electrons. The van der Waals surface area contributed by atoms with Gasteiger partial charge in [-0.2, -0.15) is 0 Å². The van der Waals surface area contributed by atoms with Crippen LogP contribution in [-0.2, 0) is 4.79 Å². The molecule has 1 aliphatic heterocycles. The molecule has 0 aliphatic carbocycles. The van der Waals surface area contributed by atoms with E-state index in [-0.39, 0.29) is 11.8 Å². The Balaban J connectivity index is 1.49. The summed E-state index contributed by atoms with van der Waals surface area (Å²) in [6, 6.07) is 15.6. The summed E-state index contributed by atoms with van der Waals surface area (Å²) in [7, 11) is 0. The monoisotopic (exact) mass is 438 g/mol. The highest BCUT2D eigenvalue weighted by molar-refractivity contribution is 7.99. The van der Waals surface area contributed by atoms with Gasteiger partial charge in [-0.05, 0) is 50.1 Å². The number of benzene rings is 2. The number of nitrogens with one attached hydrogen (secondary N) is 1. The lowest BCUT2D eigenvalue weighted by atomic mass is 9.97. The van der Waals surface area contributed by atoms with Gasteiger partial charge in [0.25, 0.3) is 0 Å². The Morgan fingerprint density at radius 3 is 2.83 bits per heavy atom. The number of aromatic nitrogens is 2. The highest BCUT2D eigenvalue weighted by Crippen LogP contribution is 2.34. The number of carbonyl (C=O) groups is 1. The normalized spacial score (nSPS) is 16.3. The summed E-state index contributed by atoms with van der Waals surface area (Å²) in [5.41, 5.74) is 1.93. The Bertz CT molecular complexity index is 1040. The van der Waals surface area contributed by atoms with Gasteiger partial charge >= 0.3 is 0 Å². The van der Waals surface area contributed by atoms with Gasteiger partial charge in [0.15, 0.2) is 5.82 Å². The van der Waals surface area contributed by atoms with Crippen molar-refractivity contribution in [3.8, 4) is 0 Å². The van der Waals surface area contributed by atoms with Crippen molar-refractivity contribution in [2.75, 3.05) is 23.3 Å². The van der Waals surface area contributed by atoms with Crippen molar-refractivity contribution in [1.29, 1.82) is 0 Å². The molecule has 1 saturated heterocycles. The average Bonchev–Trinajstić information content (AvgIpc) is 2.74. The van der Waals surface area contributed by atoms with Gasteiger partial charge in [0.1, 0.15) is 5.03 Å². The molecule has 5 nitrogen and oxygen atoms in total. The smallest absolute Gasteiger partial charge is 0.229 e. The molecule has 3 aromatic rings. The molecule has 154 valence electrons. The van der Waals surface area contributed by atoms with Gasteiger partial charge in [0.2, 0.25) is 5.91 Å². The van der Waals surface area contributed by atoms with Crippen LogP contribution in [0.1, 0.15) is 18.4 Å². The minimum absolute atomic E-state index is 0.0127. The van der Waals surface area contributed by atoms with E-state index >= 15 is 0 Å². The number of carbonyl (C=O) groups excluding carboxylic acids is 1. The number of hydrogen-bond acceptors (Lipinski definition) is 5. The molecule has 4 rings (SSSR count). The van der Waals surface area contributed by atoms with E-state index in [0.717, 1.165) is 40.8 Å². The van der Waals surface area contributed by atoms with Crippen LogP contribution in [0.25, 0.3) is 0 Å². The van der Waals surface area contributed by atoms with E-state index in [1.54, 1.807) is 36.3 Å². The van der Waals surface area contributed by atoms with Gasteiger partial charge in [0.05, 0.1) is 5.92 Å². The lowest BCUT2D eigenvalue weighted by molar-refractivity contribution is -0.120. The number of halogens is 1. The summed E-state index contributed by atoms with van der Waals surface area (Å²) in [6.45, 7) is 3.56. The molecule has 0 spiro atoms. The summed E-state index contributed by atoms with van der Waals surface area (Å²) in [5, 5.41) is 4.46. The molecule has 0 saturated carbocycles. The van der Waals surface area contributed by atoms with Crippen molar-refractivity contribution in [3.05, 3.63) is 71.5 Å². The maximum Gasteiger partial charge on any atom is 0.229 e. The second-order valence-electron chi connectivity index (χ2n) is 7.39. The van der Waals surface area contributed by atoms with Crippen molar-refractivity contribution in [2.24, 2.45) is 5.92 Å². The fourth-order valence-electron chi connectivity index (χ4n) is 3.59. The third kappa shape index (κ3) is 5.12. The Labute approximate surface area is 185 Å². The van der Waals surface area contributed by atoms with Gasteiger partial charge in [0, 0.05) is 41.1 Å². The minimum Gasteiger partial charge on any atom is -0.354 e. The standard InChI is InChI=1S/C23H23ClN4OS/c1-16-5-2-9-20(13-16)30-23-21(25-10-11-26-23)28-12-4-6-17(15-28)22(29)27-19-8-3-7-18(24)14-19/h2-3,5,7-11,13-14,17H,4,6,12,15H2,1H3,(H,27,29). The molecule has 2 aromatic carbocycles. The van der Waals surface area contributed by atoms with Crippen LogP contribution in [0.2, 0.25) is 5.02 Å². The van der Waals surface area contributed by atoms with Gasteiger partial charge in [-0.1, -0.05) is 47.1 Å². The zero-order valence-corrected chi connectivity index (χ0v) is 18.3. The topological polar surface area (TPSA) is 58.1 Å². The SMILES string of the molecule is Cc1cccc(Sc2nccnc2N2CCCC(C(=O)Nc3cccc(Cl)c3)C2)c1. The summed E-state index contributed by atoms with van der Waals surface area (Å²) in [4.78, 5) is 25.3. The second kappa shape index (κ2) is 9.49. The molecule has 1 aliphatic rings. The molecular weight excluding hydrogens is 416 g/mol. The van der Waals surface area contributed by atoms with Crippen molar-refractivity contribution in [1.82, 2.24) is 9.97 Å². The number of piperidine rings is 1. The highest BCUT2D eigenvalue weighted by atomic mass is 35.5. The predicted molar refractivity (Wildman–Crippen MR) is 122 cm³/mol.